The highest BCUT2D eigenvalue weighted by Crippen LogP contribution is 2.10. The number of amidine groups is 1. The number of hydrogen-bond donors (Lipinski definition) is 2. The number of aryl methyl sites for hydroxylation is 2. The molecule has 7 heteroatoms. The van der Waals surface area contributed by atoms with Crippen LogP contribution in [0.2, 0.25) is 0 Å². The van der Waals surface area contributed by atoms with E-state index in [1.165, 1.54) is 0 Å². The van der Waals surface area contributed by atoms with Crippen LogP contribution in [0.15, 0.2) is 29.6 Å². The molecule has 0 bridgehead atoms. The molecule has 0 fully saturated rings. The molecule has 0 unspecified atom stereocenters. The standard InChI is InChI=1S/C16H23N5O2/c1-12-10-13(2)21(19-12)15-7-6-14(11-18-15)16(17)20-23-9-5-3-4-8-22/h6-7,10-11,22H,3-5,8-9H2,1-2H3,(H2,17,20). The SMILES string of the molecule is Cc1cc(C)n(-c2ccc(C(N)=NOCCCCCO)cn2)n1. The summed E-state index contributed by atoms with van der Waals surface area (Å²) in [6, 6.07) is 5.68. The van der Waals surface area contributed by atoms with Gasteiger partial charge in [0.15, 0.2) is 11.7 Å². The molecule has 0 aliphatic rings. The van der Waals surface area contributed by atoms with Crippen LogP contribution in [-0.2, 0) is 4.84 Å². The second-order valence-corrected chi connectivity index (χ2v) is 5.34. The Morgan fingerprint density at radius 1 is 1.30 bits per heavy atom. The second kappa shape index (κ2) is 8.28. The number of aromatic nitrogens is 3. The Labute approximate surface area is 135 Å². The molecule has 3 N–H and O–H groups in total. The number of aliphatic hydroxyl groups is 1. The van der Waals surface area contributed by atoms with Crippen LogP contribution in [0.25, 0.3) is 5.82 Å². The largest absolute Gasteiger partial charge is 0.396 e. The first kappa shape index (κ1) is 17.0. The lowest BCUT2D eigenvalue weighted by Crippen LogP contribution is -2.15. The van der Waals surface area contributed by atoms with Crippen LogP contribution < -0.4 is 5.73 Å². The molecule has 0 spiro atoms. The Morgan fingerprint density at radius 3 is 2.74 bits per heavy atom. The minimum atomic E-state index is 0.207. The van der Waals surface area contributed by atoms with E-state index in [-0.39, 0.29) is 6.61 Å². The number of rotatable bonds is 8. The van der Waals surface area contributed by atoms with Crippen molar-refractivity contribution in [3.05, 3.63) is 41.3 Å². The Morgan fingerprint density at radius 2 is 2.13 bits per heavy atom. The van der Waals surface area contributed by atoms with Gasteiger partial charge in [0.25, 0.3) is 0 Å². The van der Waals surface area contributed by atoms with Crippen molar-refractivity contribution in [1.29, 1.82) is 0 Å². The summed E-state index contributed by atoms with van der Waals surface area (Å²) in [5, 5.41) is 17.0. The molecule has 2 aromatic heterocycles. The van der Waals surface area contributed by atoms with Crippen molar-refractivity contribution in [3.63, 3.8) is 0 Å². The van der Waals surface area contributed by atoms with Crippen LogP contribution in [0, 0.1) is 13.8 Å². The minimum absolute atomic E-state index is 0.207. The van der Waals surface area contributed by atoms with E-state index in [1.807, 2.05) is 32.0 Å². The van der Waals surface area contributed by atoms with Crippen LogP contribution in [0.4, 0.5) is 0 Å². The molecule has 0 saturated heterocycles. The van der Waals surface area contributed by atoms with Crippen molar-refractivity contribution in [1.82, 2.24) is 14.8 Å². The summed E-state index contributed by atoms with van der Waals surface area (Å²) in [7, 11) is 0. The molecular weight excluding hydrogens is 294 g/mol. The molecule has 0 aromatic carbocycles. The average Bonchev–Trinajstić information content (AvgIpc) is 2.89. The lowest BCUT2D eigenvalue weighted by atomic mass is 10.2. The van der Waals surface area contributed by atoms with Gasteiger partial charge in [-0.3, -0.25) is 0 Å². The fourth-order valence-corrected chi connectivity index (χ4v) is 2.15. The average molecular weight is 317 g/mol. The van der Waals surface area contributed by atoms with Gasteiger partial charge in [-0.15, -0.1) is 0 Å². The Hall–Kier alpha value is -2.41. The van der Waals surface area contributed by atoms with Gasteiger partial charge in [0.2, 0.25) is 0 Å². The van der Waals surface area contributed by atoms with E-state index in [2.05, 4.69) is 15.2 Å². The lowest BCUT2D eigenvalue weighted by Gasteiger charge is -2.05. The minimum Gasteiger partial charge on any atom is -0.396 e. The van der Waals surface area contributed by atoms with E-state index < -0.39 is 0 Å². The summed E-state index contributed by atoms with van der Waals surface area (Å²) in [4.78, 5) is 9.54. The first-order valence-corrected chi connectivity index (χ1v) is 7.68. The van der Waals surface area contributed by atoms with Crippen molar-refractivity contribution < 1.29 is 9.94 Å². The molecule has 0 saturated carbocycles. The second-order valence-electron chi connectivity index (χ2n) is 5.34. The molecule has 23 heavy (non-hydrogen) atoms. The number of pyridine rings is 1. The summed E-state index contributed by atoms with van der Waals surface area (Å²) >= 11 is 0. The molecule has 124 valence electrons. The zero-order valence-electron chi connectivity index (χ0n) is 13.6. The predicted molar refractivity (Wildman–Crippen MR) is 88.4 cm³/mol. The van der Waals surface area contributed by atoms with Gasteiger partial charge in [-0.1, -0.05) is 5.16 Å². The van der Waals surface area contributed by atoms with Gasteiger partial charge in [-0.2, -0.15) is 5.10 Å². The topological polar surface area (TPSA) is 98.6 Å². The fourth-order valence-electron chi connectivity index (χ4n) is 2.15. The van der Waals surface area contributed by atoms with E-state index in [1.54, 1.807) is 10.9 Å². The third-order valence-corrected chi connectivity index (χ3v) is 3.33. The number of unbranched alkanes of at least 4 members (excludes halogenated alkanes) is 2. The van der Waals surface area contributed by atoms with Crippen LogP contribution in [0.5, 0.6) is 0 Å². The molecule has 2 aromatic rings. The van der Waals surface area contributed by atoms with Crippen molar-refractivity contribution in [3.8, 4) is 5.82 Å². The van der Waals surface area contributed by atoms with E-state index in [0.717, 1.165) is 36.5 Å². The molecule has 2 rings (SSSR count). The van der Waals surface area contributed by atoms with E-state index >= 15 is 0 Å². The highest BCUT2D eigenvalue weighted by atomic mass is 16.6. The quantitative estimate of drug-likeness (QED) is 0.334. The lowest BCUT2D eigenvalue weighted by molar-refractivity contribution is 0.137. The summed E-state index contributed by atoms with van der Waals surface area (Å²) in [5.74, 6) is 1.02. The van der Waals surface area contributed by atoms with Gasteiger partial charge in [-0.05, 0) is 51.3 Å². The van der Waals surface area contributed by atoms with E-state index in [4.69, 9.17) is 15.7 Å². The summed E-state index contributed by atoms with van der Waals surface area (Å²) in [6.45, 7) is 4.62. The van der Waals surface area contributed by atoms with E-state index in [9.17, 15) is 0 Å². The maximum atomic E-state index is 8.68. The number of nitrogens with zero attached hydrogens (tertiary/aromatic N) is 4. The molecule has 0 atom stereocenters. The first-order chi connectivity index (χ1) is 11.1. The Balaban J connectivity index is 1.94. The van der Waals surface area contributed by atoms with Crippen LogP contribution in [0.1, 0.15) is 36.2 Å². The zero-order chi connectivity index (χ0) is 16.7. The van der Waals surface area contributed by atoms with Crippen molar-refractivity contribution in [2.75, 3.05) is 13.2 Å². The van der Waals surface area contributed by atoms with Gasteiger partial charge < -0.3 is 15.7 Å². The van der Waals surface area contributed by atoms with Gasteiger partial charge in [0.1, 0.15) is 6.61 Å². The Kier molecular flexibility index (Phi) is 6.10. The summed E-state index contributed by atoms with van der Waals surface area (Å²) in [6.07, 6.45) is 4.18. The third-order valence-electron chi connectivity index (χ3n) is 3.33. The van der Waals surface area contributed by atoms with Crippen LogP contribution in [0.3, 0.4) is 0 Å². The van der Waals surface area contributed by atoms with Gasteiger partial charge >= 0.3 is 0 Å². The van der Waals surface area contributed by atoms with Crippen molar-refractivity contribution >= 4 is 5.84 Å². The molecule has 2 heterocycles. The van der Waals surface area contributed by atoms with Gasteiger partial charge in [-0.25, -0.2) is 9.67 Å². The number of nitrogens with two attached hydrogens (primary N) is 1. The van der Waals surface area contributed by atoms with Gasteiger partial charge in [0, 0.05) is 24.1 Å². The van der Waals surface area contributed by atoms with Crippen molar-refractivity contribution in [2.24, 2.45) is 10.9 Å². The highest BCUT2D eigenvalue weighted by molar-refractivity contribution is 5.96. The molecule has 0 radical (unpaired) electrons. The number of hydrogen-bond acceptors (Lipinski definition) is 5. The Bertz CT molecular complexity index is 649. The van der Waals surface area contributed by atoms with Crippen molar-refractivity contribution in [2.45, 2.75) is 33.1 Å². The first-order valence-electron chi connectivity index (χ1n) is 7.68. The summed E-state index contributed by atoms with van der Waals surface area (Å²) < 4.78 is 1.78. The monoisotopic (exact) mass is 317 g/mol. The van der Waals surface area contributed by atoms with E-state index in [0.29, 0.717) is 18.0 Å². The number of aliphatic hydroxyl groups excluding tert-OH is 1. The normalized spacial score (nSPS) is 11.7. The fraction of sp³-hybridized carbons (Fsp3) is 0.438. The molecule has 7 nitrogen and oxygen atoms in total. The van der Waals surface area contributed by atoms with Gasteiger partial charge in [0.05, 0.1) is 5.69 Å². The molecule has 0 amide bonds. The third kappa shape index (κ3) is 4.79. The zero-order valence-corrected chi connectivity index (χ0v) is 13.6. The summed E-state index contributed by atoms with van der Waals surface area (Å²) in [5.41, 5.74) is 8.55. The predicted octanol–water partition coefficient (Wildman–Crippen LogP) is 1.68. The molecule has 0 aliphatic heterocycles. The van der Waals surface area contributed by atoms with Crippen LogP contribution >= 0.6 is 0 Å². The van der Waals surface area contributed by atoms with Crippen LogP contribution in [-0.4, -0.2) is 38.9 Å². The molecule has 0 aliphatic carbocycles. The maximum absolute atomic E-state index is 8.68. The number of oxime groups is 1. The smallest absolute Gasteiger partial charge is 0.171 e. The molecular formula is C16H23N5O2. The maximum Gasteiger partial charge on any atom is 0.171 e. The highest BCUT2D eigenvalue weighted by Gasteiger charge is 2.06.